The molecule has 2 aromatic carbocycles. The van der Waals surface area contributed by atoms with Gasteiger partial charge in [-0.15, -0.1) is 0 Å². The van der Waals surface area contributed by atoms with E-state index in [1.54, 1.807) is 0 Å². The molecule has 5 heteroatoms. The molecule has 0 aliphatic rings. The number of nitrogens with zero attached hydrogens (tertiary/aromatic N) is 1. The van der Waals surface area contributed by atoms with Crippen molar-refractivity contribution >= 4 is 16.8 Å². The zero-order chi connectivity index (χ0) is 17.9. The van der Waals surface area contributed by atoms with Crippen LogP contribution in [-0.2, 0) is 17.8 Å². The molecular weight excluding hydrogens is 326 g/mol. The highest BCUT2D eigenvalue weighted by Gasteiger charge is 2.13. The topological polar surface area (TPSA) is 70.9 Å². The van der Waals surface area contributed by atoms with Gasteiger partial charge < -0.3 is 14.7 Å². The number of benzene rings is 2. The minimum atomic E-state index is -0.0631. The molecule has 0 radical (unpaired) electrons. The summed E-state index contributed by atoms with van der Waals surface area (Å²) < 4.78 is 5.69. The lowest BCUT2D eigenvalue weighted by atomic mass is 10.1. The molecule has 26 heavy (non-hydrogen) atoms. The Morgan fingerprint density at radius 2 is 1.88 bits per heavy atom. The van der Waals surface area contributed by atoms with E-state index in [9.17, 15) is 4.79 Å². The quantitative estimate of drug-likeness (QED) is 0.574. The van der Waals surface area contributed by atoms with Gasteiger partial charge in [-0.05, 0) is 18.6 Å². The van der Waals surface area contributed by atoms with E-state index in [0.717, 1.165) is 33.5 Å². The Labute approximate surface area is 151 Å². The van der Waals surface area contributed by atoms with Gasteiger partial charge in [0.05, 0.1) is 13.0 Å². The third kappa shape index (κ3) is 3.24. The second-order valence-corrected chi connectivity index (χ2v) is 6.19. The number of nitrogens with one attached hydrogen (secondary N) is 2. The lowest BCUT2D eigenvalue weighted by molar-refractivity contribution is -0.120. The van der Waals surface area contributed by atoms with Crippen LogP contribution in [0.4, 0.5) is 0 Å². The summed E-state index contributed by atoms with van der Waals surface area (Å²) in [6, 6.07) is 17.8. The van der Waals surface area contributed by atoms with Crippen LogP contribution in [0.1, 0.15) is 17.2 Å². The predicted molar refractivity (Wildman–Crippen MR) is 101 cm³/mol. The van der Waals surface area contributed by atoms with Gasteiger partial charge in [-0.2, -0.15) is 0 Å². The van der Waals surface area contributed by atoms with E-state index in [-0.39, 0.29) is 12.5 Å². The molecular formula is C21H19N3O2. The van der Waals surface area contributed by atoms with Crippen LogP contribution in [0.15, 0.2) is 65.2 Å². The molecule has 0 spiro atoms. The van der Waals surface area contributed by atoms with Crippen molar-refractivity contribution < 1.29 is 9.21 Å². The number of fused-ring (bicyclic) bond motifs is 1. The number of rotatable bonds is 5. The number of aromatic amines is 1. The average molecular weight is 345 g/mol. The van der Waals surface area contributed by atoms with Gasteiger partial charge in [-0.3, -0.25) is 4.79 Å². The highest BCUT2D eigenvalue weighted by molar-refractivity contribution is 5.88. The van der Waals surface area contributed by atoms with Crippen molar-refractivity contribution in [1.82, 2.24) is 15.3 Å². The van der Waals surface area contributed by atoms with Gasteiger partial charge in [0, 0.05) is 22.7 Å². The van der Waals surface area contributed by atoms with Gasteiger partial charge in [0.2, 0.25) is 11.8 Å². The number of para-hydroxylation sites is 1. The summed E-state index contributed by atoms with van der Waals surface area (Å²) in [5, 5.41) is 3.96. The second kappa shape index (κ2) is 6.88. The van der Waals surface area contributed by atoms with Gasteiger partial charge in [-0.1, -0.05) is 48.5 Å². The summed E-state index contributed by atoms with van der Waals surface area (Å²) >= 11 is 0. The van der Waals surface area contributed by atoms with Gasteiger partial charge in [0.15, 0.2) is 0 Å². The maximum atomic E-state index is 12.3. The molecule has 2 heterocycles. The van der Waals surface area contributed by atoms with Crippen molar-refractivity contribution in [3.05, 3.63) is 78.0 Å². The molecule has 0 aliphatic carbocycles. The van der Waals surface area contributed by atoms with Crippen LogP contribution < -0.4 is 5.32 Å². The molecule has 0 unspecified atom stereocenters. The van der Waals surface area contributed by atoms with Crippen LogP contribution in [0.3, 0.4) is 0 Å². The maximum Gasteiger partial charge on any atom is 0.224 e. The third-order valence-corrected chi connectivity index (χ3v) is 4.35. The smallest absolute Gasteiger partial charge is 0.224 e. The van der Waals surface area contributed by atoms with Crippen molar-refractivity contribution in [3.63, 3.8) is 0 Å². The number of oxazole rings is 1. The molecule has 4 rings (SSSR count). The molecule has 5 nitrogen and oxygen atoms in total. The summed E-state index contributed by atoms with van der Waals surface area (Å²) in [7, 11) is 0. The average Bonchev–Trinajstić information content (AvgIpc) is 3.24. The van der Waals surface area contributed by atoms with Crippen LogP contribution in [-0.4, -0.2) is 15.9 Å². The van der Waals surface area contributed by atoms with E-state index in [1.165, 1.54) is 0 Å². The SMILES string of the molecule is Cc1oc(CNC(=O)Cc2c[nH]c3ccccc23)nc1-c1ccccc1. The third-order valence-electron chi connectivity index (χ3n) is 4.35. The number of carbonyl (C=O) groups is 1. The monoisotopic (exact) mass is 345 g/mol. The standard InChI is InChI=1S/C21H19N3O2/c1-14-21(15-7-3-2-4-8-15)24-20(26-14)13-23-19(25)11-16-12-22-18-10-6-5-9-17(16)18/h2-10,12,22H,11,13H2,1H3,(H,23,25). The first-order valence-corrected chi connectivity index (χ1v) is 8.54. The number of amides is 1. The summed E-state index contributed by atoms with van der Waals surface area (Å²) in [4.78, 5) is 20.0. The van der Waals surface area contributed by atoms with Crippen LogP contribution in [0.2, 0.25) is 0 Å². The number of hydrogen-bond acceptors (Lipinski definition) is 3. The van der Waals surface area contributed by atoms with E-state index >= 15 is 0 Å². The summed E-state index contributed by atoms with van der Waals surface area (Å²) in [6.45, 7) is 2.15. The lowest BCUT2D eigenvalue weighted by Gasteiger charge is -2.02. The number of aryl methyl sites for hydroxylation is 1. The zero-order valence-corrected chi connectivity index (χ0v) is 14.5. The first-order valence-electron chi connectivity index (χ1n) is 8.54. The second-order valence-electron chi connectivity index (χ2n) is 6.19. The Balaban J connectivity index is 1.42. The molecule has 1 amide bonds. The molecule has 0 aliphatic heterocycles. The van der Waals surface area contributed by atoms with Crippen molar-refractivity contribution in [3.8, 4) is 11.3 Å². The van der Waals surface area contributed by atoms with Crippen molar-refractivity contribution in [2.75, 3.05) is 0 Å². The van der Waals surface area contributed by atoms with Crippen LogP contribution >= 0.6 is 0 Å². The molecule has 2 N–H and O–H groups in total. The van der Waals surface area contributed by atoms with Gasteiger partial charge in [0.1, 0.15) is 11.5 Å². The molecule has 0 atom stereocenters. The van der Waals surface area contributed by atoms with Crippen molar-refractivity contribution in [2.45, 2.75) is 19.9 Å². The van der Waals surface area contributed by atoms with Gasteiger partial charge in [0.25, 0.3) is 0 Å². The molecule has 0 fully saturated rings. The van der Waals surface area contributed by atoms with E-state index < -0.39 is 0 Å². The maximum absolute atomic E-state index is 12.3. The van der Waals surface area contributed by atoms with E-state index in [4.69, 9.17) is 4.42 Å². The van der Waals surface area contributed by atoms with E-state index in [0.29, 0.717) is 12.3 Å². The molecule has 0 bridgehead atoms. The van der Waals surface area contributed by atoms with E-state index in [2.05, 4.69) is 15.3 Å². The van der Waals surface area contributed by atoms with Crippen LogP contribution in [0.5, 0.6) is 0 Å². The Kier molecular flexibility index (Phi) is 4.27. The highest BCUT2D eigenvalue weighted by atomic mass is 16.4. The summed E-state index contributed by atoms with van der Waals surface area (Å²) in [5.74, 6) is 1.19. The number of aromatic nitrogens is 2. The number of carbonyl (C=O) groups excluding carboxylic acids is 1. The largest absolute Gasteiger partial charge is 0.443 e. The normalized spacial score (nSPS) is 11.0. The molecule has 0 saturated carbocycles. The fraction of sp³-hybridized carbons (Fsp3) is 0.143. The fourth-order valence-corrected chi connectivity index (χ4v) is 3.08. The van der Waals surface area contributed by atoms with Crippen LogP contribution in [0.25, 0.3) is 22.2 Å². The molecule has 4 aromatic rings. The number of H-pyrrole nitrogens is 1. The minimum Gasteiger partial charge on any atom is -0.443 e. The summed E-state index contributed by atoms with van der Waals surface area (Å²) in [6.07, 6.45) is 2.20. The lowest BCUT2D eigenvalue weighted by Crippen LogP contribution is -2.24. The molecule has 0 saturated heterocycles. The van der Waals surface area contributed by atoms with Crippen LogP contribution in [0, 0.1) is 6.92 Å². The predicted octanol–water partition coefficient (Wildman–Crippen LogP) is 3.99. The Bertz CT molecular complexity index is 1050. The fourth-order valence-electron chi connectivity index (χ4n) is 3.08. The Hall–Kier alpha value is -3.34. The zero-order valence-electron chi connectivity index (χ0n) is 14.5. The van der Waals surface area contributed by atoms with E-state index in [1.807, 2.05) is 67.7 Å². The van der Waals surface area contributed by atoms with Crippen molar-refractivity contribution in [2.24, 2.45) is 0 Å². The Morgan fingerprint density at radius 1 is 1.12 bits per heavy atom. The molecule has 130 valence electrons. The minimum absolute atomic E-state index is 0.0631. The Morgan fingerprint density at radius 3 is 2.73 bits per heavy atom. The first kappa shape index (κ1) is 16.1. The molecule has 2 aromatic heterocycles. The van der Waals surface area contributed by atoms with Gasteiger partial charge in [-0.25, -0.2) is 4.98 Å². The summed E-state index contributed by atoms with van der Waals surface area (Å²) in [5.41, 5.74) is 3.83. The van der Waals surface area contributed by atoms with Gasteiger partial charge >= 0.3 is 0 Å². The first-order chi connectivity index (χ1) is 12.7. The van der Waals surface area contributed by atoms with Crippen molar-refractivity contribution in [1.29, 1.82) is 0 Å². The number of hydrogen-bond donors (Lipinski definition) is 2. The highest BCUT2D eigenvalue weighted by Crippen LogP contribution is 2.23.